The lowest BCUT2D eigenvalue weighted by atomic mass is 10.0. The smallest absolute Gasteiger partial charge is 0.262 e. The molecule has 0 heterocycles. The van der Waals surface area contributed by atoms with Gasteiger partial charge in [0.15, 0.2) is 0 Å². The summed E-state index contributed by atoms with van der Waals surface area (Å²) in [7, 11) is 0. The van der Waals surface area contributed by atoms with Crippen LogP contribution in [0.3, 0.4) is 0 Å². The molecule has 2 N–H and O–H groups in total. The number of hydrazine groups is 1. The van der Waals surface area contributed by atoms with Gasteiger partial charge in [0.05, 0.1) is 0 Å². The van der Waals surface area contributed by atoms with E-state index in [9.17, 15) is 9.59 Å². The van der Waals surface area contributed by atoms with Crippen LogP contribution in [0.4, 0.5) is 0 Å². The molecule has 0 unspecified atom stereocenters. The highest BCUT2D eigenvalue weighted by Gasteiger charge is 2.29. The highest BCUT2D eigenvalue weighted by molar-refractivity contribution is 5.97. The fraction of sp³-hybridized carbons (Fsp3) is 0.176. The zero-order valence-corrected chi connectivity index (χ0v) is 11.5. The molecule has 0 atom stereocenters. The Hall–Kier alpha value is -2.62. The second-order valence-corrected chi connectivity index (χ2v) is 5.15. The lowest BCUT2D eigenvalue weighted by Crippen LogP contribution is -2.41. The molecule has 0 aliphatic heterocycles. The molecule has 21 heavy (non-hydrogen) atoms. The fourth-order valence-corrected chi connectivity index (χ4v) is 2.17. The molecule has 0 aromatic heterocycles. The molecule has 2 aromatic rings. The molecule has 1 aliphatic carbocycles. The maximum atomic E-state index is 11.7. The van der Waals surface area contributed by atoms with Crippen molar-refractivity contribution in [2.75, 3.05) is 0 Å². The first-order chi connectivity index (χ1) is 10.2. The Bertz CT molecular complexity index is 712. The third-order valence-electron chi connectivity index (χ3n) is 3.49. The molecule has 1 aliphatic rings. The Morgan fingerprint density at radius 3 is 2.57 bits per heavy atom. The number of carbonyl (C=O) groups is 2. The highest BCUT2D eigenvalue weighted by Crippen LogP contribution is 2.28. The minimum absolute atomic E-state index is 0.0762. The molecule has 0 radical (unpaired) electrons. The van der Waals surface area contributed by atoms with Crippen LogP contribution in [0.15, 0.2) is 48.5 Å². The quantitative estimate of drug-likeness (QED) is 0.670. The van der Waals surface area contributed by atoms with Gasteiger partial charge in [0.25, 0.3) is 5.91 Å². The van der Waals surface area contributed by atoms with Gasteiger partial charge in [-0.1, -0.05) is 42.5 Å². The van der Waals surface area contributed by atoms with Crippen LogP contribution in [0.25, 0.3) is 16.8 Å². The third kappa shape index (κ3) is 3.28. The standard InChI is InChI=1S/C17H16N2O2/c20-16(18-19-17(21)14-8-9-14)11-10-13-6-3-5-12-4-1-2-7-15(12)13/h1-7,10-11,14H,8-9H2,(H,18,20)(H,19,21)/b11-10+. The van der Waals surface area contributed by atoms with Gasteiger partial charge in [-0.15, -0.1) is 0 Å². The van der Waals surface area contributed by atoms with Crippen LogP contribution in [-0.2, 0) is 9.59 Å². The molecule has 0 bridgehead atoms. The minimum atomic E-state index is -0.336. The van der Waals surface area contributed by atoms with Crippen molar-refractivity contribution in [2.45, 2.75) is 12.8 Å². The predicted molar refractivity (Wildman–Crippen MR) is 82.0 cm³/mol. The van der Waals surface area contributed by atoms with Crippen molar-refractivity contribution >= 4 is 28.7 Å². The summed E-state index contributed by atoms with van der Waals surface area (Å²) in [4.78, 5) is 23.1. The molecule has 2 amide bonds. The Morgan fingerprint density at radius 1 is 1.00 bits per heavy atom. The van der Waals surface area contributed by atoms with Gasteiger partial charge in [-0.2, -0.15) is 0 Å². The number of hydrogen-bond donors (Lipinski definition) is 2. The second kappa shape index (κ2) is 5.79. The molecule has 106 valence electrons. The van der Waals surface area contributed by atoms with Crippen molar-refractivity contribution in [3.05, 3.63) is 54.1 Å². The summed E-state index contributed by atoms with van der Waals surface area (Å²) in [5, 5.41) is 2.22. The van der Waals surface area contributed by atoms with Gasteiger partial charge in [-0.25, -0.2) is 0 Å². The van der Waals surface area contributed by atoms with Gasteiger partial charge in [-0.3, -0.25) is 20.4 Å². The van der Waals surface area contributed by atoms with Crippen molar-refractivity contribution < 1.29 is 9.59 Å². The van der Waals surface area contributed by atoms with Gasteiger partial charge in [0.1, 0.15) is 0 Å². The van der Waals surface area contributed by atoms with E-state index in [-0.39, 0.29) is 17.7 Å². The average Bonchev–Trinajstić information content (AvgIpc) is 3.35. The van der Waals surface area contributed by atoms with E-state index in [1.807, 2.05) is 42.5 Å². The van der Waals surface area contributed by atoms with E-state index >= 15 is 0 Å². The second-order valence-electron chi connectivity index (χ2n) is 5.15. The Balaban J connectivity index is 1.66. The SMILES string of the molecule is O=C(/C=C/c1cccc2ccccc12)NNC(=O)C1CC1. The van der Waals surface area contributed by atoms with Crippen molar-refractivity contribution in [2.24, 2.45) is 5.92 Å². The van der Waals surface area contributed by atoms with Gasteiger partial charge >= 0.3 is 0 Å². The van der Waals surface area contributed by atoms with E-state index < -0.39 is 0 Å². The largest absolute Gasteiger partial charge is 0.273 e. The van der Waals surface area contributed by atoms with Crippen LogP contribution in [0, 0.1) is 5.92 Å². The summed E-state index contributed by atoms with van der Waals surface area (Å²) in [5.41, 5.74) is 5.79. The van der Waals surface area contributed by atoms with E-state index in [2.05, 4.69) is 10.9 Å². The van der Waals surface area contributed by atoms with Crippen LogP contribution in [0.5, 0.6) is 0 Å². The summed E-state index contributed by atoms with van der Waals surface area (Å²) in [6, 6.07) is 13.9. The molecule has 2 aromatic carbocycles. The number of nitrogens with one attached hydrogen (secondary N) is 2. The van der Waals surface area contributed by atoms with E-state index in [0.29, 0.717) is 0 Å². The number of fused-ring (bicyclic) bond motifs is 1. The van der Waals surface area contributed by atoms with Crippen LogP contribution >= 0.6 is 0 Å². The van der Waals surface area contributed by atoms with E-state index in [0.717, 1.165) is 29.2 Å². The normalized spacial score (nSPS) is 14.3. The molecule has 3 rings (SSSR count). The monoisotopic (exact) mass is 280 g/mol. The predicted octanol–water partition coefficient (Wildman–Crippen LogP) is 2.41. The summed E-state index contributed by atoms with van der Waals surface area (Å²) < 4.78 is 0. The first-order valence-electron chi connectivity index (χ1n) is 7.00. The molecule has 4 nitrogen and oxygen atoms in total. The lowest BCUT2D eigenvalue weighted by Gasteiger charge is -2.04. The Labute approximate surface area is 122 Å². The molecule has 4 heteroatoms. The number of benzene rings is 2. The maximum absolute atomic E-state index is 11.7. The number of carbonyl (C=O) groups excluding carboxylic acids is 2. The fourth-order valence-electron chi connectivity index (χ4n) is 2.17. The van der Waals surface area contributed by atoms with Crippen LogP contribution < -0.4 is 10.9 Å². The van der Waals surface area contributed by atoms with Gasteiger partial charge in [-0.05, 0) is 35.3 Å². The molecule has 1 saturated carbocycles. The molecule has 1 fully saturated rings. The Morgan fingerprint density at radius 2 is 1.76 bits per heavy atom. The van der Waals surface area contributed by atoms with Crippen LogP contribution in [0.2, 0.25) is 0 Å². The number of rotatable bonds is 3. The Kier molecular flexibility index (Phi) is 3.69. The average molecular weight is 280 g/mol. The third-order valence-corrected chi connectivity index (χ3v) is 3.49. The first-order valence-corrected chi connectivity index (χ1v) is 7.00. The highest BCUT2D eigenvalue weighted by atomic mass is 16.2. The van der Waals surface area contributed by atoms with Crippen molar-refractivity contribution in [1.29, 1.82) is 0 Å². The van der Waals surface area contributed by atoms with Crippen molar-refractivity contribution in [1.82, 2.24) is 10.9 Å². The van der Waals surface area contributed by atoms with Crippen molar-refractivity contribution in [3.63, 3.8) is 0 Å². The van der Waals surface area contributed by atoms with Gasteiger partial charge in [0.2, 0.25) is 5.91 Å². The van der Waals surface area contributed by atoms with E-state index in [1.54, 1.807) is 6.08 Å². The summed E-state index contributed by atoms with van der Waals surface area (Å²) in [5.74, 6) is -0.369. The van der Waals surface area contributed by atoms with Crippen LogP contribution in [-0.4, -0.2) is 11.8 Å². The van der Waals surface area contributed by atoms with Crippen LogP contribution in [0.1, 0.15) is 18.4 Å². The maximum Gasteiger partial charge on any atom is 0.262 e. The molecule has 0 saturated heterocycles. The zero-order valence-electron chi connectivity index (χ0n) is 11.5. The van der Waals surface area contributed by atoms with E-state index in [4.69, 9.17) is 0 Å². The van der Waals surface area contributed by atoms with Gasteiger partial charge in [0, 0.05) is 12.0 Å². The first kappa shape index (κ1) is 13.4. The molecular formula is C17H16N2O2. The zero-order chi connectivity index (χ0) is 14.7. The van der Waals surface area contributed by atoms with E-state index in [1.165, 1.54) is 6.08 Å². The number of amides is 2. The summed E-state index contributed by atoms with van der Waals surface area (Å²) >= 11 is 0. The van der Waals surface area contributed by atoms with Crippen molar-refractivity contribution in [3.8, 4) is 0 Å². The summed E-state index contributed by atoms with van der Waals surface area (Å²) in [6.45, 7) is 0. The minimum Gasteiger partial charge on any atom is -0.273 e. The van der Waals surface area contributed by atoms with Gasteiger partial charge < -0.3 is 0 Å². The molecular weight excluding hydrogens is 264 g/mol. The number of hydrogen-bond acceptors (Lipinski definition) is 2. The lowest BCUT2D eigenvalue weighted by molar-refractivity contribution is -0.127. The topological polar surface area (TPSA) is 58.2 Å². The molecule has 0 spiro atoms. The summed E-state index contributed by atoms with van der Waals surface area (Å²) in [6.07, 6.45) is 5.00.